The maximum absolute atomic E-state index is 12.2. The number of rotatable bonds is 2. The molecule has 0 fully saturated rings. The average Bonchev–Trinajstić information content (AvgIpc) is 2.08. The summed E-state index contributed by atoms with van der Waals surface area (Å²) in [4.78, 5) is 12.5. The van der Waals surface area contributed by atoms with E-state index in [1.807, 2.05) is 0 Å². The lowest BCUT2D eigenvalue weighted by atomic mass is 10.3. The van der Waals surface area contributed by atoms with Crippen molar-refractivity contribution in [3.63, 3.8) is 0 Å². The number of nitro groups is 1. The average molecular weight is 287 g/mol. The highest BCUT2D eigenvalue weighted by Gasteiger charge is 2.24. The zero-order chi connectivity index (χ0) is 10.9. The summed E-state index contributed by atoms with van der Waals surface area (Å²) < 4.78 is 24.4. The Morgan fingerprint density at radius 3 is 2.64 bits per heavy atom. The monoisotopic (exact) mass is 286 g/mol. The van der Waals surface area contributed by atoms with Crippen LogP contribution >= 0.6 is 27.5 Å². The summed E-state index contributed by atoms with van der Waals surface area (Å²) in [7, 11) is 0. The van der Waals surface area contributed by atoms with Crippen molar-refractivity contribution in [2.75, 3.05) is 0 Å². The van der Waals surface area contributed by atoms with Crippen LogP contribution in [0.25, 0.3) is 0 Å². The van der Waals surface area contributed by atoms with Crippen LogP contribution < -0.4 is 0 Å². The summed E-state index contributed by atoms with van der Waals surface area (Å²) in [6.07, 6.45) is -2.87. The Balaban J connectivity index is 3.35. The smallest absolute Gasteiger partial charge is 0.358 e. The van der Waals surface area contributed by atoms with Gasteiger partial charge >= 0.3 is 12.2 Å². The topological polar surface area (TPSA) is 56.0 Å². The van der Waals surface area contributed by atoms with E-state index in [1.165, 1.54) is 0 Å². The lowest BCUT2D eigenvalue weighted by Crippen LogP contribution is -1.98. The molecule has 0 radical (unpaired) electrons. The van der Waals surface area contributed by atoms with Gasteiger partial charge in [-0.1, -0.05) is 11.6 Å². The van der Waals surface area contributed by atoms with Crippen molar-refractivity contribution in [3.8, 4) is 0 Å². The van der Waals surface area contributed by atoms with Crippen LogP contribution in [0.1, 0.15) is 12.1 Å². The number of nitrogens with zero attached hydrogens (tertiary/aromatic N) is 2. The molecule has 0 N–H and O–H groups in total. The van der Waals surface area contributed by atoms with Gasteiger partial charge in [-0.3, -0.25) is 0 Å². The largest absolute Gasteiger partial charge is 0.383 e. The van der Waals surface area contributed by atoms with Crippen LogP contribution in [0.15, 0.2) is 10.5 Å². The van der Waals surface area contributed by atoms with Crippen molar-refractivity contribution in [2.24, 2.45) is 0 Å². The van der Waals surface area contributed by atoms with E-state index in [1.54, 1.807) is 0 Å². The summed E-state index contributed by atoms with van der Waals surface area (Å²) in [5, 5.41) is 10.0. The van der Waals surface area contributed by atoms with Crippen LogP contribution in [-0.2, 0) is 0 Å². The summed E-state index contributed by atoms with van der Waals surface area (Å²) >= 11 is 8.29. The first-order chi connectivity index (χ1) is 6.43. The quantitative estimate of drug-likeness (QED) is 0.619. The molecular weight excluding hydrogens is 285 g/mol. The third-order valence-corrected chi connectivity index (χ3v) is 2.54. The van der Waals surface area contributed by atoms with Gasteiger partial charge in [-0.25, -0.2) is 8.78 Å². The van der Waals surface area contributed by atoms with Crippen LogP contribution in [0.4, 0.5) is 14.6 Å². The van der Waals surface area contributed by atoms with Gasteiger partial charge in [0, 0.05) is 10.5 Å². The number of aromatic nitrogens is 1. The fourth-order valence-corrected chi connectivity index (χ4v) is 1.31. The summed E-state index contributed by atoms with van der Waals surface area (Å²) in [6.45, 7) is 0. The minimum absolute atomic E-state index is 0.0242. The van der Waals surface area contributed by atoms with Crippen LogP contribution in [0, 0.1) is 10.1 Å². The Morgan fingerprint density at radius 2 is 2.21 bits per heavy atom. The van der Waals surface area contributed by atoms with Crippen LogP contribution in [0.5, 0.6) is 0 Å². The standard InChI is InChI=1S/C6H2BrClF2N2O2/c7-2-1-3(5(9)10)11-6(4(2)8)12(13)14/h1,5H. The van der Waals surface area contributed by atoms with Crippen molar-refractivity contribution in [3.05, 3.63) is 31.4 Å². The van der Waals surface area contributed by atoms with Gasteiger partial charge in [-0.05, 0) is 25.8 Å². The number of halogens is 4. The molecule has 0 spiro atoms. The second-order valence-corrected chi connectivity index (χ2v) is 3.46. The van der Waals surface area contributed by atoms with E-state index in [2.05, 4.69) is 20.9 Å². The molecule has 0 aliphatic carbocycles. The van der Waals surface area contributed by atoms with Crippen molar-refractivity contribution in [2.45, 2.75) is 6.43 Å². The van der Waals surface area contributed by atoms with Crippen LogP contribution in [-0.4, -0.2) is 9.91 Å². The maximum Gasteiger partial charge on any atom is 0.383 e. The molecule has 0 saturated heterocycles. The van der Waals surface area contributed by atoms with Crippen molar-refractivity contribution >= 4 is 33.3 Å². The number of alkyl halides is 2. The molecule has 0 aliphatic heterocycles. The fourth-order valence-electron chi connectivity index (χ4n) is 0.736. The Bertz CT molecular complexity index is 388. The molecule has 0 atom stereocenters. The highest BCUT2D eigenvalue weighted by atomic mass is 79.9. The minimum atomic E-state index is -2.87. The van der Waals surface area contributed by atoms with E-state index < -0.39 is 22.9 Å². The zero-order valence-corrected chi connectivity index (χ0v) is 8.72. The molecule has 0 aromatic carbocycles. The Morgan fingerprint density at radius 1 is 1.64 bits per heavy atom. The van der Waals surface area contributed by atoms with Crippen LogP contribution in [0.3, 0.4) is 0 Å². The molecule has 0 aliphatic rings. The summed E-state index contributed by atoms with van der Waals surface area (Å²) in [5.41, 5.74) is -0.687. The molecule has 0 bridgehead atoms. The lowest BCUT2D eigenvalue weighted by molar-refractivity contribution is -0.389. The summed E-state index contributed by atoms with van der Waals surface area (Å²) in [5.74, 6) is -0.781. The van der Waals surface area contributed by atoms with E-state index in [9.17, 15) is 18.9 Å². The van der Waals surface area contributed by atoms with Gasteiger partial charge < -0.3 is 10.1 Å². The van der Waals surface area contributed by atoms with Gasteiger partial charge in [0.15, 0.2) is 5.02 Å². The van der Waals surface area contributed by atoms with Gasteiger partial charge in [-0.2, -0.15) is 0 Å². The first-order valence-electron chi connectivity index (χ1n) is 3.22. The highest BCUT2D eigenvalue weighted by molar-refractivity contribution is 9.10. The van der Waals surface area contributed by atoms with E-state index in [4.69, 9.17) is 11.6 Å². The Labute approximate surface area is 90.2 Å². The predicted octanol–water partition coefficient (Wildman–Crippen LogP) is 3.34. The van der Waals surface area contributed by atoms with Crippen molar-refractivity contribution in [1.82, 2.24) is 4.98 Å². The van der Waals surface area contributed by atoms with Crippen molar-refractivity contribution in [1.29, 1.82) is 0 Å². The molecule has 0 unspecified atom stereocenters. The summed E-state index contributed by atoms with van der Waals surface area (Å²) in [6, 6.07) is 0.944. The third-order valence-electron chi connectivity index (χ3n) is 1.31. The van der Waals surface area contributed by atoms with E-state index in [0.717, 1.165) is 6.07 Å². The van der Waals surface area contributed by atoms with Crippen molar-refractivity contribution < 1.29 is 13.7 Å². The van der Waals surface area contributed by atoms with E-state index >= 15 is 0 Å². The zero-order valence-electron chi connectivity index (χ0n) is 6.38. The number of hydrogen-bond acceptors (Lipinski definition) is 3. The minimum Gasteiger partial charge on any atom is -0.358 e. The number of pyridine rings is 1. The maximum atomic E-state index is 12.2. The Kier molecular flexibility index (Phi) is 3.33. The van der Waals surface area contributed by atoms with E-state index in [0.29, 0.717) is 0 Å². The first-order valence-corrected chi connectivity index (χ1v) is 4.39. The molecule has 1 aromatic heterocycles. The van der Waals surface area contributed by atoms with Gasteiger partial charge in [-0.15, -0.1) is 0 Å². The van der Waals surface area contributed by atoms with E-state index in [-0.39, 0.29) is 9.50 Å². The predicted molar refractivity (Wildman–Crippen MR) is 48.6 cm³/mol. The molecular formula is C6H2BrClF2N2O2. The first kappa shape index (κ1) is 11.3. The van der Waals surface area contributed by atoms with Crippen LogP contribution in [0.2, 0.25) is 5.02 Å². The molecule has 1 rings (SSSR count). The lowest BCUT2D eigenvalue weighted by Gasteiger charge is -1.99. The second-order valence-electron chi connectivity index (χ2n) is 2.22. The highest BCUT2D eigenvalue weighted by Crippen LogP contribution is 2.33. The molecule has 14 heavy (non-hydrogen) atoms. The molecule has 8 heteroatoms. The fraction of sp³-hybridized carbons (Fsp3) is 0.167. The molecule has 76 valence electrons. The molecule has 0 saturated carbocycles. The molecule has 0 amide bonds. The van der Waals surface area contributed by atoms with Gasteiger partial charge in [0.2, 0.25) is 5.69 Å². The number of hydrogen-bond donors (Lipinski definition) is 0. The van der Waals surface area contributed by atoms with Gasteiger partial charge in [0.05, 0.1) is 0 Å². The molecule has 1 aromatic rings. The normalized spacial score (nSPS) is 10.6. The molecule has 1 heterocycles. The Hall–Kier alpha value is -0.820. The SMILES string of the molecule is O=[N+]([O-])c1nc(C(F)F)cc(Br)c1Cl. The third kappa shape index (κ3) is 2.16. The second kappa shape index (κ2) is 4.14. The van der Waals surface area contributed by atoms with Gasteiger partial charge in [0.1, 0.15) is 0 Å². The van der Waals surface area contributed by atoms with Gasteiger partial charge in [0.25, 0.3) is 0 Å². The molecule has 4 nitrogen and oxygen atoms in total.